The molecule has 7 heteroatoms. The molecule has 2 aromatic rings. The first-order valence-electron chi connectivity index (χ1n) is 7.83. The van der Waals surface area contributed by atoms with Crippen LogP contribution in [0.15, 0.2) is 36.4 Å². The SMILES string of the molecule is Cc1cc(CC(CO)NS(C)(=O)=O)cc(C)c1Oc1ccc(O)cc1. The number of ether oxygens (including phenoxy) is 1. The van der Waals surface area contributed by atoms with Crippen molar-refractivity contribution >= 4 is 10.0 Å². The number of rotatable bonds is 7. The van der Waals surface area contributed by atoms with Crippen LogP contribution < -0.4 is 9.46 Å². The summed E-state index contributed by atoms with van der Waals surface area (Å²) in [4.78, 5) is 0. The predicted octanol–water partition coefficient (Wildman–Crippen LogP) is 2.25. The first kappa shape index (κ1) is 19.2. The molecule has 0 aliphatic carbocycles. The van der Waals surface area contributed by atoms with E-state index in [0.29, 0.717) is 17.9 Å². The van der Waals surface area contributed by atoms with E-state index in [1.807, 2.05) is 26.0 Å². The summed E-state index contributed by atoms with van der Waals surface area (Å²) in [6.07, 6.45) is 1.45. The third-order valence-corrected chi connectivity index (χ3v) is 4.42. The van der Waals surface area contributed by atoms with E-state index in [9.17, 15) is 18.6 Å². The van der Waals surface area contributed by atoms with Crippen molar-refractivity contribution in [2.75, 3.05) is 12.9 Å². The molecule has 2 rings (SSSR count). The summed E-state index contributed by atoms with van der Waals surface area (Å²) in [5.74, 6) is 1.50. The summed E-state index contributed by atoms with van der Waals surface area (Å²) in [6, 6.07) is 9.72. The van der Waals surface area contributed by atoms with Gasteiger partial charge < -0.3 is 14.9 Å². The molecule has 0 aliphatic heterocycles. The van der Waals surface area contributed by atoms with Crippen LogP contribution in [0.25, 0.3) is 0 Å². The minimum absolute atomic E-state index is 0.171. The fourth-order valence-corrected chi connectivity index (χ4v) is 3.44. The van der Waals surface area contributed by atoms with Crippen LogP contribution in [-0.2, 0) is 16.4 Å². The van der Waals surface area contributed by atoms with Crippen molar-refractivity contribution in [3.05, 3.63) is 53.1 Å². The summed E-state index contributed by atoms with van der Waals surface area (Å²) in [7, 11) is -3.38. The van der Waals surface area contributed by atoms with Gasteiger partial charge in [-0.05, 0) is 61.2 Å². The van der Waals surface area contributed by atoms with Crippen LogP contribution in [0, 0.1) is 13.8 Å². The molecule has 0 aliphatic rings. The Bertz CT molecular complexity index is 808. The summed E-state index contributed by atoms with van der Waals surface area (Å²) >= 11 is 0. The molecule has 0 fully saturated rings. The zero-order chi connectivity index (χ0) is 18.6. The molecule has 6 nitrogen and oxygen atoms in total. The van der Waals surface area contributed by atoms with Crippen molar-refractivity contribution in [1.29, 1.82) is 0 Å². The monoisotopic (exact) mass is 365 g/mol. The van der Waals surface area contributed by atoms with Gasteiger partial charge in [-0.1, -0.05) is 12.1 Å². The van der Waals surface area contributed by atoms with Crippen LogP contribution in [-0.4, -0.2) is 37.5 Å². The van der Waals surface area contributed by atoms with E-state index in [1.54, 1.807) is 24.3 Å². The summed E-state index contributed by atoms with van der Waals surface area (Å²) in [5.41, 5.74) is 2.71. The summed E-state index contributed by atoms with van der Waals surface area (Å²) < 4.78 is 31.0. The molecule has 2 aromatic carbocycles. The fraction of sp³-hybridized carbons (Fsp3) is 0.333. The smallest absolute Gasteiger partial charge is 0.209 e. The van der Waals surface area contributed by atoms with Gasteiger partial charge in [0.15, 0.2) is 0 Å². The van der Waals surface area contributed by atoms with Crippen molar-refractivity contribution in [2.24, 2.45) is 0 Å². The molecule has 136 valence electrons. The number of phenols is 1. The van der Waals surface area contributed by atoms with Crippen LogP contribution in [0.4, 0.5) is 0 Å². The Morgan fingerprint density at radius 2 is 1.68 bits per heavy atom. The molecule has 3 N–H and O–H groups in total. The second-order valence-corrected chi connectivity index (χ2v) is 7.91. The Kier molecular flexibility index (Phi) is 6.05. The van der Waals surface area contributed by atoms with Gasteiger partial charge in [0.1, 0.15) is 17.2 Å². The zero-order valence-corrected chi connectivity index (χ0v) is 15.3. The number of hydrogen-bond donors (Lipinski definition) is 3. The Hall–Kier alpha value is -2.09. The van der Waals surface area contributed by atoms with Gasteiger partial charge in [-0.15, -0.1) is 0 Å². The molecule has 0 saturated heterocycles. The lowest BCUT2D eigenvalue weighted by Crippen LogP contribution is -2.38. The maximum absolute atomic E-state index is 11.3. The van der Waals surface area contributed by atoms with Crippen molar-refractivity contribution in [2.45, 2.75) is 26.3 Å². The van der Waals surface area contributed by atoms with Gasteiger partial charge in [0, 0.05) is 6.04 Å². The fourth-order valence-electron chi connectivity index (χ4n) is 2.68. The van der Waals surface area contributed by atoms with Crippen LogP contribution in [0.1, 0.15) is 16.7 Å². The molecule has 0 radical (unpaired) electrons. The van der Waals surface area contributed by atoms with Crippen LogP contribution in [0.3, 0.4) is 0 Å². The summed E-state index contributed by atoms with van der Waals surface area (Å²) in [6.45, 7) is 3.53. The Balaban J connectivity index is 2.20. The maximum atomic E-state index is 11.3. The van der Waals surface area contributed by atoms with Crippen molar-refractivity contribution < 1.29 is 23.4 Å². The number of phenolic OH excluding ortho intramolecular Hbond substituents is 1. The van der Waals surface area contributed by atoms with Crippen molar-refractivity contribution in [3.63, 3.8) is 0 Å². The zero-order valence-electron chi connectivity index (χ0n) is 14.5. The Morgan fingerprint density at radius 3 is 2.16 bits per heavy atom. The number of aromatic hydroxyl groups is 1. The molecule has 1 atom stereocenters. The third kappa shape index (κ3) is 5.74. The first-order chi connectivity index (χ1) is 11.7. The van der Waals surface area contributed by atoms with E-state index in [0.717, 1.165) is 22.9 Å². The van der Waals surface area contributed by atoms with Gasteiger partial charge in [-0.2, -0.15) is 0 Å². The van der Waals surface area contributed by atoms with E-state index in [2.05, 4.69) is 4.72 Å². The van der Waals surface area contributed by atoms with E-state index in [4.69, 9.17) is 4.74 Å². The lowest BCUT2D eigenvalue weighted by atomic mass is 10.0. The van der Waals surface area contributed by atoms with Crippen LogP contribution in [0.5, 0.6) is 17.2 Å². The lowest BCUT2D eigenvalue weighted by Gasteiger charge is -2.18. The topological polar surface area (TPSA) is 95.9 Å². The normalized spacial score (nSPS) is 12.8. The number of hydrogen-bond acceptors (Lipinski definition) is 5. The third-order valence-electron chi connectivity index (χ3n) is 3.66. The largest absolute Gasteiger partial charge is 0.508 e. The quantitative estimate of drug-likeness (QED) is 0.699. The Labute approximate surface area is 148 Å². The highest BCUT2D eigenvalue weighted by Crippen LogP contribution is 2.31. The number of nitrogens with one attached hydrogen (secondary N) is 1. The number of aliphatic hydroxyl groups excluding tert-OH is 1. The number of sulfonamides is 1. The highest BCUT2D eigenvalue weighted by atomic mass is 32.2. The average molecular weight is 365 g/mol. The Morgan fingerprint density at radius 1 is 1.12 bits per heavy atom. The molecule has 0 heterocycles. The molecule has 0 aromatic heterocycles. The maximum Gasteiger partial charge on any atom is 0.209 e. The lowest BCUT2D eigenvalue weighted by molar-refractivity contribution is 0.256. The first-order valence-corrected chi connectivity index (χ1v) is 9.72. The highest BCUT2D eigenvalue weighted by molar-refractivity contribution is 7.88. The molecular weight excluding hydrogens is 342 g/mol. The van der Waals surface area contributed by atoms with Crippen LogP contribution >= 0.6 is 0 Å². The number of aryl methyl sites for hydroxylation is 2. The van der Waals surface area contributed by atoms with Crippen LogP contribution in [0.2, 0.25) is 0 Å². The van der Waals surface area contributed by atoms with Gasteiger partial charge in [0.25, 0.3) is 0 Å². The molecule has 0 spiro atoms. The van der Waals surface area contributed by atoms with Crippen molar-refractivity contribution in [1.82, 2.24) is 4.72 Å². The van der Waals surface area contributed by atoms with Gasteiger partial charge >= 0.3 is 0 Å². The van der Waals surface area contributed by atoms with Gasteiger partial charge in [0.05, 0.1) is 12.9 Å². The molecule has 0 amide bonds. The second kappa shape index (κ2) is 7.86. The second-order valence-electron chi connectivity index (χ2n) is 6.13. The minimum Gasteiger partial charge on any atom is -0.508 e. The molecule has 0 bridgehead atoms. The van der Waals surface area contributed by atoms with E-state index in [1.165, 1.54) is 0 Å². The molecule has 25 heavy (non-hydrogen) atoms. The summed E-state index contributed by atoms with van der Waals surface area (Å²) in [5, 5.41) is 18.7. The van der Waals surface area contributed by atoms with Crippen molar-refractivity contribution in [3.8, 4) is 17.2 Å². The van der Waals surface area contributed by atoms with Gasteiger partial charge in [-0.25, -0.2) is 13.1 Å². The highest BCUT2D eigenvalue weighted by Gasteiger charge is 2.15. The number of aliphatic hydroxyl groups is 1. The van der Waals surface area contributed by atoms with E-state index < -0.39 is 16.1 Å². The molecule has 0 saturated carbocycles. The molecular formula is C18H23NO5S. The predicted molar refractivity (Wildman–Crippen MR) is 96.7 cm³/mol. The molecule has 1 unspecified atom stereocenters. The van der Waals surface area contributed by atoms with E-state index >= 15 is 0 Å². The average Bonchev–Trinajstić information content (AvgIpc) is 2.50. The minimum atomic E-state index is -3.38. The standard InChI is InChI=1S/C18H23NO5S/c1-12-8-14(10-15(11-20)19-25(3,22)23)9-13(2)18(12)24-17-6-4-16(21)5-7-17/h4-9,15,19-21H,10-11H2,1-3H3. The van der Waals surface area contributed by atoms with Gasteiger partial charge in [0.2, 0.25) is 10.0 Å². The van der Waals surface area contributed by atoms with Gasteiger partial charge in [-0.3, -0.25) is 0 Å². The number of benzene rings is 2. The van der Waals surface area contributed by atoms with E-state index in [-0.39, 0.29) is 12.4 Å².